The van der Waals surface area contributed by atoms with Crippen LogP contribution in [0.1, 0.15) is 29.3 Å². The van der Waals surface area contributed by atoms with Gasteiger partial charge in [0.1, 0.15) is 12.2 Å². The summed E-state index contributed by atoms with van der Waals surface area (Å²) in [4.78, 5) is 17.0. The topological polar surface area (TPSA) is 47.8 Å². The molecule has 0 aromatic carbocycles. The molecule has 2 aromatic heterocycles. The number of carbonyl (C=O) groups excluding carboxylic acids is 1. The van der Waals surface area contributed by atoms with Crippen LogP contribution in [0.4, 0.5) is 0 Å². The molecule has 18 heavy (non-hydrogen) atoms. The van der Waals surface area contributed by atoms with Crippen LogP contribution in [-0.4, -0.2) is 20.5 Å². The lowest BCUT2D eigenvalue weighted by molar-refractivity contribution is 0.0992. The van der Waals surface area contributed by atoms with E-state index in [4.69, 9.17) is 0 Å². The molecule has 0 aliphatic rings. The summed E-state index contributed by atoms with van der Waals surface area (Å²) in [7, 11) is 0. The average Bonchev–Trinajstić information content (AvgIpc) is 2.88. The molecule has 0 radical (unpaired) electrons. The normalized spacial score (nSPS) is 11.1. The van der Waals surface area contributed by atoms with E-state index in [9.17, 15) is 4.79 Å². The quantitative estimate of drug-likeness (QED) is 0.792. The molecule has 0 saturated carbocycles. The van der Waals surface area contributed by atoms with Gasteiger partial charge in [0.05, 0.1) is 11.3 Å². The van der Waals surface area contributed by atoms with Crippen LogP contribution in [0, 0.1) is 5.92 Å². The van der Waals surface area contributed by atoms with Crippen LogP contribution in [0.5, 0.6) is 0 Å². The van der Waals surface area contributed by atoms with Gasteiger partial charge in [0.15, 0.2) is 5.78 Å². The largest absolute Gasteiger partial charge is 0.293 e. The lowest BCUT2D eigenvalue weighted by atomic mass is 10.2. The number of ketones is 1. The van der Waals surface area contributed by atoms with Gasteiger partial charge in [-0.05, 0) is 33.3 Å². The van der Waals surface area contributed by atoms with Crippen LogP contribution in [0.3, 0.4) is 0 Å². The van der Waals surface area contributed by atoms with Gasteiger partial charge < -0.3 is 0 Å². The summed E-state index contributed by atoms with van der Waals surface area (Å²) in [6.45, 7) is 5.01. The zero-order valence-corrected chi connectivity index (χ0v) is 12.7. The van der Waals surface area contributed by atoms with Gasteiger partial charge in [0.2, 0.25) is 0 Å². The monoisotopic (exact) mass is 327 g/mol. The van der Waals surface area contributed by atoms with Gasteiger partial charge >= 0.3 is 0 Å². The van der Waals surface area contributed by atoms with Crippen molar-refractivity contribution in [2.24, 2.45) is 5.92 Å². The standard InChI is InChI=1S/C12H14BrN3OS/c1-8(2)6-16-11(14-7-15-16)5-10(17)12-9(13)3-4-18-12/h3-4,7-8H,5-6H2,1-2H3. The summed E-state index contributed by atoms with van der Waals surface area (Å²) in [6, 6.07) is 1.89. The molecule has 0 amide bonds. The number of halogens is 1. The van der Waals surface area contributed by atoms with E-state index in [2.05, 4.69) is 39.9 Å². The van der Waals surface area contributed by atoms with E-state index in [0.717, 1.165) is 21.7 Å². The third kappa shape index (κ3) is 3.05. The molecule has 2 aromatic rings. The Bertz CT molecular complexity index is 547. The minimum atomic E-state index is 0.0786. The predicted molar refractivity (Wildman–Crippen MR) is 74.9 cm³/mol. The third-order valence-electron chi connectivity index (χ3n) is 2.42. The van der Waals surface area contributed by atoms with E-state index in [0.29, 0.717) is 12.3 Å². The zero-order valence-electron chi connectivity index (χ0n) is 10.3. The fourth-order valence-corrected chi connectivity index (χ4v) is 3.17. The van der Waals surface area contributed by atoms with Crippen molar-refractivity contribution >= 4 is 33.0 Å². The maximum atomic E-state index is 12.1. The molecule has 2 heterocycles. The number of thiophene rings is 1. The molecule has 4 nitrogen and oxygen atoms in total. The second-order valence-corrected chi connectivity index (χ2v) is 6.22. The summed E-state index contributed by atoms with van der Waals surface area (Å²) in [6.07, 6.45) is 1.81. The van der Waals surface area contributed by atoms with Crippen molar-refractivity contribution in [1.29, 1.82) is 0 Å². The van der Waals surface area contributed by atoms with Crippen molar-refractivity contribution in [3.05, 3.63) is 32.9 Å². The Morgan fingerprint density at radius 1 is 1.56 bits per heavy atom. The van der Waals surface area contributed by atoms with Crippen molar-refractivity contribution in [1.82, 2.24) is 14.8 Å². The Labute approximate surface area is 118 Å². The number of rotatable bonds is 5. The van der Waals surface area contributed by atoms with E-state index in [1.807, 2.05) is 16.1 Å². The van der Waals surface area contributed by atoms with Crippen molar-refractivity contribution in [3.8, 4) is 0 Å². The SMILES string of the molecule is CC(C)Cn1ncnc1CC(=O)c1sccc1Br. The number of Topliss-reactive ketones (excluding diaryl/α,β-unsaturated/α-hetero) is 1. The Balaban J connectivity index is 2.13. The smallest absolute Gasteiger partial charge is 0.181 e. The minimum absolute atomic E-state index is 0.0786. The van der Waals surface area contributed by atoms with Crippen LogP contribution < -0.4 is 0 Å². The first-order chi connectivity index (χ1) is 8.58. The Hall–Kier alpha value is -1.01. The van der Waals surface area contributed by atoms with Crippen LogP contribution in [0.2, 0.25) is 0 Å². The molecule has 0 N–H and O–H groups in total. The van der Waals surface area contributed by atoms with E-state index >= 15 is 0 Å². The van der Waals surface area contributed by atoms with E-state index in [1.54, 1.807) is 0 Å². The summed E-state index contributed by atoms with van der Waals surface area (Å²) >= 11 is 4.82. The molecule has 0 bridgehead atoms. The molecular weight excluding hydrogens is 314 g/mol. The molecule has 6 heteroatoms. The minimum Gasteiger partial charge on any atom is -0.293 e. The van der Waals surface area contributed by atoms with Crippen LogP contribution >= 0.6 is 27.3 Å². The molecule has 0 spiro atoms. The molecule has 96 valence electrons. The van der Waals surface area contributed by atoms with Crippen LogP contribution in [0.15, 0.2) is 22.2 Å². The molecule has 2 rings (SSSR count). The molecule has 0 fully saturated rings. The number of hydrogen-bond acceptors (Lipinski definition) is 4. The first kappa shape index (κ1) is 13.4. The zero-order chi connectivity index (χ0) is 13.1. The van der Waals surface area contributed by atoms with Gasteiger partial charge in [0, 0.05) is 11.0 Å². The van der Waals surface area contributed by atoms with E-state index < -0.39 is 0 Å². The second kappa shape index (κ2) is 5.75. The Morgan fingerprint density at radius 3 is 2.94 bits per heavy atom. The first-order valence-electron chi connectivity index (χ1n) is 5.70. The predicted octanol–water partition coefficient (Wildman–Crippen LogP) is 3.18. The van der Waals surface area contributed by atoms with Gasteiger partial charge in [-0.25, -0.2) is 9.67 Å². The second-order valence-electron chi connectivity index (χ2n) is 4.45. The number of carbonyl (C=O) groups is 1. The summed E-state index contributed by atoms with van der Waals surface area (Å²) in [5.41, 5.74) is 0. The molecular formula is C12H14BrN3OS. The van der Waals surface area contributed by atoms with Crippen molar-refractivity contribution < 1.29 is 4.79 Å². The third-order valence-corrected chi connectivity index (χ3v) is 4.30. The summed E-state index contributed by atoms with van der Waals surface area (Å²) in [5.74, 6) is 1.29. The molecule has 0 aliphatic heterocycles. The molecule has 0 unspecified atom stereocenters. The lowest BCUT2D eigenvalue weighted by Gasteiger charge is -2.07. The fraction of sp³-hybridized carbons (Fsp3) is 0.417. The van der Waals surface area contributed by atoms with Gasteiger partial charge in [-0.1, -0.05) is 13.8 Å². The highest BCUT2D eigenvalue weighted by Crippen LogP contribution is 2.24. The lowest BCUT2D eigenvalue weighted by Crippen LogP contribution is -2.13. The van der Waals surface area contributed by atoms with Gasteiger partial charge in [0.25, 0.3) is 0 Å². The average molecular weight is 328 g/mol. The van der Waals surface area contributed by atoms with Gasteiger partial charge in [-0.2, -0.15) is 5.10 Å². The van der Waals surface area contributed by atoms with Crippen LogP contribution in [0.25, 0.3) is 0 Å². The highest BCUT2D eigenvalue weighted by atomic mass is 79.9. The Morgan fingerprint density at radius 2 is 2.33 bits per heavy atom. The highest BCUT2D eigenvalue weighted by molar-refractivity contribution is 9.10. The van der Waals surface area contributed by atoms with Crippen molar-refractivity contribution in [2.75, 3.05) is 0 Å². The van der Waals surface area contributed by atoms with E-state index in [1.165, 1.54) is 17.7 Å². The molecule has 0 atom stereocenters. The highest BCUT2D eigenvalue weighted by Gasteiger charge is 2.16. The fourth-order valence-electron chi connectivity index (χ4n) is 1.64. The summed E-state index contributed by atoms with van der Waals surface area (Å²) < 4.78 is 2.66. The van der Waals surface area contributed by atoms with Crippen molar-refractivity contribution in [3.63, 3.8) is 0 Å². The van der Waals surface area contributed by atoms with Crippen LogP contribution in [-0.2, 0) is 13.0 Å². The van der Waals surface area contributed by atoms with Crippen molar-refractivity contribution in [2.45, 2.75) is 26.8 Å². The molecule has 0 saturated heterocycles. The molecule has 0 aliphatic carbocycles. The van der Waals surface area contributed by atoms with Gasteiger partial charge in [-0.15, -0.1) is 11.3 Å². The maximum absolute atomic E-state index is 12.1. The maximum Gasteiger partial charge on any atom is 0.181 e. The number of aromatic nitrogens is 3. The number of nitrogens with zero attached hydrogens (tertiary/aromatic N) is 3. The summed E-state index contributed by atoms with van der Waals surface area (Å²) in [5, 5.41) is 6.06. The van der Waals surface area contributed by atoms with Gasteiger partial charge in [-0.3, -0.25) is 4.79 Å². The van der Waals surface area contributed by atoms with E-state index in [-0.39, 0.29) is 5.78 Å². The number of hydrogen-bond donors (Lipinski definition) is 0. The first-order valence-corrected chi connectivity index (χ1v) is 7.38. The Kier molecular flexibility index (Phi) is 4.29.